The van der Waals surface area contributed by atoms with Crippen molar-refractivity contribution >= 4 is 17.9 Å². The Morgan fingerprint density at radius 1 is 0.933 bits per heavy atom. The molecule has 7 N–H and O–H groups in total. The molecule has 8 nitrogen and oxygen atoms in total. The molecule has 90 valence electrons. The molecule has 0 aliphatic rings. The van der Waals surface area contributed by atoms with Crippen molar-refractivity contribution in [3.8, 4) is 0 Å². The summed E-state index contributed by atoms with van der Waals surface area (Å²) in [6.07, 6.45) is -2.29. The molecule has 0 amide bonds. The van der Waals surface area contributed by atoms with E-state index in [1.165, 1.54) is 0 Å². The third kappa shape index (κ3) is 6.41. The molecule has 0 fully saturated rings. The molecule has 0 bridgehead atoms. The minimum Gasteiger partial charge on any atom is -0.481 e. The van der Waals surface area contributed by atoms with Gasteiger partial charge in [0.15, 0.2) is 5.60 Å². The Morgan fingerprint density at radius 2 is 1.20 bits per heavy atom. The van der Waals surface area contributed by atoms with Gasteiger partial charge in [-0.2, -0.15) is 0 Å². The lowest BCUT2D eigenvalue weighted by Crippen LogP contribution is -2.42. The van der Waals surface area contributed by atoms with Crippen molar-refractivity contribution < 1.29 is 34.8 Å². The molecule has 0 spiro atoms. The van der Waals surface area contributed by atoms with E-state index < -0.39 is 36.4 Å². The summed E-state index contributed by atoms with van der Waals surface area (Å²) in [5.74, 6) is -5.02. The molecule has 0 atom stereocenters. The van der Waals surface area contributed by atoms with E-state index >= 15 is 0 Å². The molecule has 0 aromatic heterocycles. The van der Waals surface area contributed by atoms with Gasteiger partial charge in [-0.25, -0.2) is 4.79 Å². The van der Waals surface area contributed by atoms with E-state index in [4.69, 9.17) is 20.4 Å². The number of hydrogen-bond acceptors (Lipinski definition) is 5. The molecule has 0 unspecified atom stereocenters. The van der Waals surface area contributed by atoms with Crippen molar-refractivity contribution in [3.05, 3.63) is 0 Å². The van der Waals surface area contributed by atoms with Crippen LogP contribution >= 0.6 is 0 Å². The second-order valence-electron chi connectivity index (χ2n) is 2.48. The highest BCUT2D eigenvalue weighted by Crippen LogP contribution is 2.15. The Kier molecular flexibility index (Phi) is 8.53. The number of carbonyl (C=O) groups is 3. The second kappa shape index (κ2) is 6.74. The molecular weight excluding hydrogens is 210 g/mol. The zero-order valence-electron chi connectivity index (χ0n) is 7.13. The van der Waals surface area contributed by atoms with Crippen LogP contribution in [0.15, 0.2) is 0 Å². The van der Waals surface area contributed by atoms with Crippen molar-refractivity contribution in [1.29, 1.82) is 0 Å². The lowest BCUT2D eigenvalue weighted by Gasteiger charge is -2.18. The summed E-state index contributed by atoms with van der Waals surface area (Å²) >= 11 is 0. The normalized spacial score (nSPS) is 9.40. The first-order valence-electron chi connectivity index (χ1n) is 3.17. The second-order valence-corrected chi connectivity index (χ2v) is 2.48. The summed E-state index contributed by atoms with van der Waals surface area (Å²) in [6.45, 7) is 0. The number of rotatable bonds is 5. The predicted octanol–water partition coefficient (Wildman–Crippen LogP) is -0.450. The molecule has 15 heavy (non-hydrogen) atoms. The Balaban J connectivity index is -0.000000720. The number of aliphatic hydroxyl groups is 1. The first-order chi connectivity index (χ1) is 5.78. The van der Waals surface area contributed by atoms with Gasteiger partial charge in [0.2, 0.25) is 0 Å². The molecule has 0 radical (unpaired) electrons. The Bertz CT molecular complexity index is 234. The van der Waals surface area contributed by atoms with Gasteiger partial charge in [-0.1, -0.05) is 7.43 Å². The summed E-state index contributed by atoms with van der Waals surface area (Å²) in [5.41, 5.74) is -2.74. The van der Waals surface area contributed by atoms with E-state index in [0.29, 0.717) is 0 Å². The minimum atomic E-state index is -2.74. The fourth-order valence-electron chi connectivity index (χ4n) is 0.714. The Labute approximate surface area is 85.7 Å². The van der Waals surface area contributed by atoms with Gasteiger partial charge in [-0.05, 0) is 0 Å². The van der Waals surface area contributed by atoms with Gasteiger partial charge in [-0.3, -0.25) is 9.59 Å². The predicted molar refractivity (Wildman–Crippen MR) is 48.8 cm³/mol. The zero-order valence-corrected chi connectivity index (χ0v) is 7.13. The number of aliphatic carboxylic acids is 3. The third-order valence-electron chi connectivity index (χ3n) is 1.29. The Hall–Kier alpha value is -1.67. The smallest absolute Gasteiger partial charge is 0.336 e. The first-order valence-corrected chi connectivity index (χ1v) is 3.17. The van der Waals surface area contributed by atoms with Gasteiger partial charge >= 0.3 is 17.9 Å². The van der Waals surface area contributed by atoms with Crippen LogP contribution in [0, 0.1) is 0 Å². The van der Waals surface area contributed by atoms with Crippen molar-refractivity contribution in [3.63, 3.8) is 0 Å². The number of carboxylic acids is 3. The molecule has 0 saturated heterocycles. The largest absolute Gasteiger partial charge is 0.481 e. The highest BCUT2D eigenvalue weighted by molar-refractivity contribution is 5.88. The van der Waals surface area contributed by atoms with Crippen LogP contribution in [0.5, 0.6) is 0 Å². The molecule has 8 heteroatoms. The summed E-state index contributed by atoms with van der Waals surface area (Å²) in [5, 5.41) is 33.8. The van der Waals surface area contributed by atoms with Crippen LogP contribution in [-0.4, -0.2) is 43.9 Å². The van der Waals surface area contributed by atoms with E-state index in [0.717, 1.165) is 0 Å². The molecule has 0 aromatic carbocycles. The zero-order chi connectivity index (χ0) is 10.6. The van der Waals surface area contributed by atoms with Gasteiger partial charge < -0.3 is 26.6 Å². The van der Waals surface area contributed by atoms with Crippen molar-refractivity contribution in [2.75, 3.05) is 0 Å². The number of hydrogen-bond donors (Lipinski definition) is 5. The average molecular weight is 225 g/mol. The highest BCUT2D eigenvalue weighted by Gasteiger charge is 2.40. The molecule has 0 aliphatic carbocycles. The summed E-state index contributed by atoms with van der Waals surface area (Å²) in [7, 11) is 0. The molecule has 0 saturated carbocycles. The van der Waals surface area contributed by atoms with Crippen LogP contribution in [-0.2, 0) is 14.4 Å². The molecule has 0 heterocycles. The van der Waals surface area contributed by atoms with E-state index in [1.807, 2.05) is 0 Å². The van der Waals surface area contributed by atoms with E-state index in [2.05, 4.69) is 0 Å². The molecular formula is C7H15NO7. The van der Waals surface area contributed by atoms with Crippen molar-refractivity contribution in [2.45, 2.75) is 25.9 Å². The SMILES string of the molecule is C.N.O=C(O)CC(O)(CC(=O)O)C(=O)O. The van der Waals surface area contributed by atoms with Crippen molar-refractivity contribution in [1.82, 2.24) is 6.15 Å². The fraction of sp³-hybridized carbons (Fsp3) is 0.571. The van der Waals surface area contributed by atoms with E-state index in [9.17, 15) is 14.4 Å². The summed E-state index contributed by atoms with van der Waals surface area (Å²) < 4.78 is 0. The number of carboxylic acid groups (broad SMARTS) is 3. The van der Waals surface area contributed by atoms with Gasteiger partial charge in [0.25, 0.3) is 0 Å². The van der Waals surface area contributed by atoms with Gasteiger partial charge in [0.05, 0.1) is 12.8 Å². The maximum atomic E-state index is 10.3. The summed E-state index contributed by atoms with van der Waals surface area (Å²) in [6, 6.07) is 0. The monoisotopic (exact) mass is 225 g/mol. The Morgan fingerprint density at radius 3 is 1.33 bits per heavy atom. The topological polar surface area (TPSA) is 167 Å². The molecule has 0 aliphatic heterocycles. The molecule has 0 rings (SSSR count). The van der Waals surface area contributed by atoms with Gasteiger partial charge in [0, 0.05) is 0 Å². The lowest BCUT2D eigenvalue weighted by atomic mass is 9.96. The van der Waals surface area contributed by atoms with Crippen LogP contribution in [0.2, 0.25) is 0 Å². The van der Waals surface area contributed by atoms with Crippen LogP contribution in [0.4, 0.5) is 0 Å². The first kappa shape index (κ1) is 19.0. The average Bonchev–Trinajstić information content (AvgIpc) is 1.82. The van der Waals surface area contributed by atoms with Crippen LogP contribution < -0.4 is 6.15 Å². The fourth-order valence-corrected chi connectivity index (χ4v) is 0.714. The lowest BCUT2D eigenvalue weighted by molar-refractivity contribution is -0.170. The third-order valence-corrected chi connectivity index (χ3v) is 1.29. The minimum absolute atomic E-state index is 0. The van der Waals surface area contributed by atoms with Crippen LogP contribution in [0.25, 0.3) is 0 Å². The standard InChI is InChI=1S/C6H8O7.CH4.H3N/c7-3(8)1-6(13,5(11)12)2-4(9)10;;/h13H,1-2H2,(H,7,8)(H,9,10)(H,11,12);1H4;1H3. The van der Waals surface area contributed by atoms with Gasteiger partial charge in [0.1, 0.15) is 0 Å². The van der Waals surface area contributed by atoms with E-state index in [1.54, 1.807) is 0 Å². The van der Waals surface area contributed by atoms with Crippen LogP contribution in [0.1, 0.15) is 20.3 Å². The van der Waals surface area contributed by atoms with Crippen LogP contribution in [0.3, 0.4) is 0 Å². The van der Waals surface area contributed by atoms with Crippen molar-refractivity contribution in [2.24, 2.45) is 0 Å². The van der Waals surface area contributed by atoms with E-state index in [-0.39, 0.29) is 13.6 Å². The highest BCUT2D eigenvalue weighted by atomic mass is 16.4. The maximum absolute atomic E-state index is 10.3. The van der Waals surface area contributed by atoms with Gasteiger partial charge in [-0.15, -0.1) is 0 Å². The summed E-state index contributed by atoms with van der Waals surface area (Å²) in [4.78, 5) is 30.5. The molecule has 0 aromatic rings. The maximum Gasteiger partial charge on any atom is 0.336 e. The quantitative estimate of drug-likeness (QED) is 0.419.